The summed E-state index contributed by atoms with van der Waals surface area (Å²) in [6, 6.07) is 6.83. The molecule has 0 saturated heterocycles. The normalized spacial score (nSPS) is 13.3. The smallest absolute Gasteiger partial charge is 0.334 e. The predicted molar refractivity (Wildman–Crippen MR) is 130 cm³/mol. The monoisotopic (exact) mass is 487 g/mol. The Hall–Kier alpha value is -2.95. The van der Waals surface area contributed by atoms with Crippen LogP contribution in [0.3, 0.4) is 0 Å². The Morgan fingerprint density at radius 3 is 2.79 bits per heavy atom. The second-order valence-corrected chi connectivity index (χ2v) is 9.17. The SMILES string of the molecule is CCCCOCCOCC(=O)N1CCc2c(sc3[nH]c(=O)n(-c4cccc(OC)c4)c(=O)c23)C1. The molecule has 9 nitrogen and oxygen atoms in total. The number of hydrogen-bond donors (Lipinski definition) is 1. The first kappa shape index (κ1) is 24.2. The zero-order valence-corrected chi connectivity index (χ0v) is 20.2. The first-order chi connectivity index (χ1) is 16.5. The first-order valence-corrected chi connectivity index (χ1v) is 12.2. The molecule has 3 heterocycles. The van der Waals surface area contributed by atoms with Crippen LogP contribution in [0.4, 0.5) is 0 Å². The third-order valence-electron chi connectivity index (χ3n) is 5.80. The Morgan fingerprint density at radius 2 is 2.00 bits per heavy atom. The van der Waals surface area contributed by atoms with Gasteiger partial charge in [-0.3, -0.25) is 14.6 Å². The number of H-pyrrole nitrogens is 1. The fourth-order valence-electron chi connectivity index (χ4n) is 3.99. The van der Waals surface area contributed by atoms with E-state index < -0.39 is 5.69 Å². The zero-order valence-electron chi connectivity index (χ0n) is 19.4. The van der Waals surface area contributed by atoms with E-state index in [0.717, 1.165) is 27.8 Å². The Kier molecular flexibility index (Phi) is 7.81. The standard InChI is InChI=1S/C24H29N3O6S/c1-3-4-10-32-11-12-33-15-20(28)26-9-8-18-19(14-26)34-22-21(18)23(29)27(24(30)25-22)16-6-5-7-17(13-16)31-2/h5-7,13H,3-4,8-12,14-15H2,1-2H3,(H,25,30). The first-order valence-electron chi connectivity index (χ1n) is 11.4. The van der Waals surface area contributed by atoms with Crippen molar-refractivity contribution >= 4 is 27.5 Å². The van der Waals surface area contributed by atoms with Gasteiger partial charge >= 0.3 is 5.69 Å². The van der Waals surface area contributed by atoms with Gasteiger partial charge in [0.25, 0.3) is 5.56 Å². The fraction of sp³-hybridized carbons (Fsp3) is 0.458. The van der Waals surface area contributed by atoms with E-state index in [1.165, 1.54) is 18.4 Å². The zero-order chi connectivity index (χ0) is 24.1. The lowest BCUT2D eigenvalue weighted by Crippen LogP contribution is -2.38. The second-order valence-electron chi connectivity index (χ2n) is 8.06. The van der Waals surface area contributed by atoms with E-state index in [0.29, 0.717) is 61.0 Å². The number of carbonyl (C=O) groups excluding carboxylic acids is 1. The molecule has 1 aromatic carbocycles. The van der Waals surface area contributed by atoms with Crippen LogP contribution in [0.5, 0.6) is 5.75 Å². The van der Waals surface area contributed by atoms with E-state index in [9.17, 15) is 14.4 Å². The number of carbonyl (C=O) groups is 1. The number of nitrogens with zero attached hydrogens (tertiary/aromatic N) is 2. The lowest BCUT2D eigenvalue weighted by atomic mass is 10.1. The van der Waals surface area contributed by atoms with Crippen molar-refractivity contribution in [3.63, 3.8) is 0 Å². The third-order valence-corrected chi connectivity index (χ3v) is 6.93. The van der Waals surface area contributed by atoms with Crippen molar-refractivity contribution in [2.75, 3.05) is 40.1 Å². The van der Waals surface area contributed by atoms with E-state index in [-0.39, 0.29) is 18.1 Å². The highest BCUT2D eigenvalue weighted by atomic mass is 32.1. The van der Waals surface area contributed by atoms with Crippen LogP contribution in [0.15, 0.2) is 33.9 Å². The fourth-order valence-corrected chi connectivity index (χ4v) is 5.23. The van der Waals surface area contributed by atoms with Crippen LogP contribution in [-0.4, -0.2) is 60.4 Å². The highest BCUT2D eigenvalue weighted by Crippen LogP contribution is 2.32. The van der Waals surface area contributed by atoms with Crippen LogP contribution in [0.2, 0.25) is 0 Å². The van der Waals surface area contributed by atoms with Crippen molar-refractivity contribution in [1.82, 2.24) is 14.5 Å². The van der Waals surface area contributed by atoms with Gasteiger partial charge in [0.15, 0.2) is 0 Å². The Balaban J connectivity index is 1.49. The van der Waals surface area contributed by atoms with E-state index in [2.05, 4.69) is 11.9 Å². The van der Waals surface area contributed by atoms with Gasteiger partial charge in [-0.2, -0.15) is 0 Å². The molecule has 0 aliphatic carbocycles. The van der Waals surface area contributed by atoms with Crippen LogP contribution in [0.25, 0.3) is 15.9 Å². The molecule has 2 aromatic heterocycles. The number of rotatable bonds is 10. The van der Waals surface area contributed by atoms with E-state index >= 15 is 0 Å². The average molecular weight is 488 g/mol. The number of ether oxygens (including phenoxy) is 3. The topological polar surface area (TPSA) is 103 Å². The molecule has 10 heteroatoms. The quantitative estimate of drug-likeness (QED) is 0.441. The summed E-state index contributed by atoms with van der Waals surface area (Å²) in [6.45, 7) is 4.54. The minimum Gasteiger partial charge on any atom is -0.497 e. The molecule has 1 N–H and O–H groups in total. The molecule has 4 rings (SSSR count). The third kappa shape index (κ3) is 5.08. The van der Waals surface area contributed by atoms with E-state index in [4.69, 9.17) is 14.2 Å². The summed E-state index contributed by atoms with van der Waals surface area (Å²) < 4.78 is 17.3. The lowest BCUT2D eigenvalue weighted by molar-refractivity contribution is -0.137. The molecule has 0 unspecified atom stereocenters. The summed E-state index contributed by atoms with van der Waals surface area (Å²) in [4.78, 5) is 44.7. The maximum Gasteiger partial charge on any atom is 0.334 e. The van der Waals surface area contributed by atoms with Gasteiger partial charge in [-0.1, -0.05) is 19.4 Å². The van der Waals surface area contributed by atoms with Crippen molar-refractivity contribution in [3.8, 4) is 11.4 Å². The average Bonchev–Trinajstić information content (AvgIpc) is 3.21. The summed E-state index contributed by atoms with van der Waals surface area (Å²) >= 11 is 1.35. The number of aromatic amines is 1. The summed E-state index contributed by atoms with van der Waals surface area (Å²) in [7, 11) is 1.53. The molecule has 0 atom stereocenters. The molecule has 1 aliphatic rings. The van der Waals surface area contributed by atoms with E-state index in [1.54, 1.807) is 29.2 Å². The summed E-state index contributed by atoms with van der Waals surface area (Å²) in [5.74, 6) is 0.457. The highest BCUT2D eigenvalue weighted by Gasteiger charge is 2.27. The van der Waals surface area contributed by atoms with Gasteiger partial charge in [0.1, 0.15) is 17.2 Å². The molecule has 0 radical (unpaired) electrons. The molecule has 0 fully saturated rings. The number of aromatic nitrogens is 2. The molecule has 0 saturated carbocycles. The lowest BCUT2D eigenvalue weighted by Gasteiger charge is -2.26. The Labute approximate surface area is 200 Å². The van der Waals surface area contributed by atoms with E-state index in [1.807, 2.05) is 0 Å². The van der Waals surface area contributed by atoms with Gasteiger partial charge in [-0.25, -0.2) is 9.36 Å². The molecule has 1 amide bonds. The maximum absolute atomic E-state index is 13.4. The van der Waals surface area contributed by atoms with Crippen LogP contribution < -0.4 is 16.0 Å². The summed E-state index contributed by atoms with van der Waals surface area (Å²) in [6.07, 6.45) is 2.64. The van der Waals surface area contributed by atoms with Gasteiger partial charge in [-0.15, -0.1) is 11.3 Å². The molecule has 34 heavy (non-hydrogen) atoms. The van der Waals surface area contributed by atoms with Crippen molar-refractivity contribution in [3.05, 3.63) is 55.5 Å². The van der Waals surface area contributed by atoms with Crippen molar-refractivity contribution in [2.24, 2.45) is 0 Å². The van der Waals surface area contributed by atoms with Crippen LogP contribution >= 0.6 is 11.3 Å². The predicted octanol–water partition coefficient (Wildman–Crippen LogP) is 2.47. The minimum absolute atomic E-state index is 0.00313. The second kappa shape index (κ2) is 11.0. The molecular formula is C24H29N3O6S. The Bertz CT molecular complexity index is 1280. The van der Waals surface area contributed by atoms with Gasteiger partial charge in [0.05, 0.1) is 37.9 Å². The van der Waals surface area contributed by atoms with Gasteiger partial charge in [0, 0.05) is 24.1 Å². The molecule has 182 valence electrons. The number of unbranched alkanes of at least 4 members (excludes halogenated alkanes) is 1. The number of methoxy groups -OCH3 is 1. The number of nitrogens with one attached hydrogen (secondary N) is 1. The van der Waals surface area contributed by atoms with Crippen LogP contribution in [0.1, 0.15) is 30.2 Å². The van der Waals surface area contributed by atoms with Crippen LogP contribution in [0, 0.1) is 0 Å². The molecule has 0 spiro atoms. The van der Waals surface area contributed by atoms with Gasteiger partial charge < -0.3 is 19.1 Å². The van der Waals surface area contributed by atoms with Gasteiger partial charge in [0.2, 0.25) is 5.91 Å². The summed E-state index contributed by atoms with van der Waals surface area (Å²) in [5.41, 5.74) is 0.464. The molecule has 0 bridgehead atoms. The number of fused-ring (bicyclic) bond motifs is 3. The maximum atomic E-state index is 13.4. The Morgan fingerprint density at radius 1 is 1.18 bits per heavy atom. The number of hydrogen-bond acceptors (Lipinski definition) is 7. The minimum atomic E-state index is -0.508. The number of amides is 1. The van der Waals surface area contributed by atoms with Crippen molar-refractivity contribution < 1.29 is 19.0 Å². The largest absolute Gasteiger partial charge is 0.497 e. The van der Waals surface area contributed by atoms with Crippen molar-refractivity contribution in [2.45, 2.75) is 32.7 Å². The van der Waals surface area contributed by atoms with Crippen molar-refractivity contribution in [1.29, 1.82) is 0 Å². The highest BCUT2D eigenvalue weighted by molar-refractivity contribution is 7.18. The number of thiophene rings is 1. The number of benzene rings is 1. The molecule has 1 aliphatic heterocycles. The van der Waals surface area contributed by atoms with Gasteiger partial charge in [-0.05, 0) is 30.5 Å². The summed E-state index contributed by atoms with van der Waals surface area (Å²) in [5, 5.41) is 0.509. The molecule has 3 aromatic rings. The molecular weight excluding hydrogens is 458 g/mol. The van der Waals surface area contributed by atoms with Crippen LogP contribution in [-0.2, 0) is 27.2 Å².